The normalized spacial score (nSPS) is 10.6. The SMILES string of the molecule is CCOc1cccc(CNc2ccc(Cl)cc2Cl)c1OCc1ccccc1F. The zero-order chi connectivity index (χ0) is 19.9. The van der Waals surface area contributed by atoms with Crippen LogP contribution in [0, 0.1) is 5.82 Å². The molecule has 0 aliphatic heterocycles. The molecule has 0 heterocycles. The lowest BCUT2D eigenvalue weighted by Gasteiger charge is -2.17. The first kappa shape index (κ1) is 20.3. The number of halogens is 3. The third-order valence-electron chi connectivity index (χ3n) is 4.09. The summed E-state index contributed by atoms with van der Waals surface area (Å²) in [7, 11) is 0. The molecule has 0 unspecified atom stereocenters. The van der Waals surface area contributed by atoms with Gasteiger partial charge in [-0.25, -0.2) is 4.39 Å². The van der Waals surface area contributed by atoms with E-state index in [1.54, 1.807) is 30.3 Å². The number of ether oxygens (including phenoxy) is 2. The monoisotopic (exact) mass is 419 g/mol. The minimum Gasteiger partial charge on any atom is -0.490 e. The summed E-state index contributed by atoms with van der Waals surface area (Å²) in [6.07, 6.45) is 0. The van der Waals surface area contributed by atoms with Gasteiger partial charge < -0.3 is 14.8 Å². The van der Waals surface area contributed by atoms with E-state index < -0.39 is 0 Å². The van der Waals surface area contributed by atoms with Crippen LogP contribution in [0.1, 0.15) is 18.1 Å². The maximum absolute atomic E-state index is 13.9. The van der Waals surface area contributed by atoms with Crippen molar-refractivity contribution in [3.63, 3.8) is 0 Å². The van der Waals surface area contributed by atoms with E-state index in [0.29, 0.717) is 40.3 Å². The van der Waals surface area contributed by atoms with E-state index in [4.69, 9.17) is 32.7 Å². The fraction of sp³-hybridized carbons (Fsp3) is 0.182. The van der Waals surface area contributed by atoms with Crippen molar-refractivity contribution in [3.8, 4) is 11.5 Å². The van der Waals surface area contributed by atoms with Gasteiger partial charge >= 0.3 is 0 Å². The third kappa shape index (κ3) is 5.09. The Morgan fingerprint density at radius 2 is 1.71 bits per heavy atom. The zero-order valence-corrected chi connectivity index (χ0v) is 16.9. The van der Waals surface area contributed by atoms with Crippen LogP contribution in [0.4, 0.5) is 10.1 Å². The van der Waals surface area contributed by atoms with Crippen molar-refractivity contribution in [3.05, 3.63) is 87.7 Å². The largest absolute Gasteiger partial charge is 0.490 e. The molecule has 0 saturated carbocycles. The molecular weight excluding hydrogens is 400 g/mol. The molecule has 0 bridgehead atoms. The van der Waals surface area contributed by atoms with Gasteiger partial charge in [-0.1, -0.05) is 53.5 Å². The molecule has 0 saturated heterocycles. The maximum Gasteiger partial charge on any atom is 0.166 e. The minimum atomic E-state index is -0.302. The number of nitrogens with one attached hydrogen (secondary N) is 1. The van der Waals surface area contributed by atoms with Crippen molar-refractivity contribution in [1.82, 2.24) is 0 Å². The van der Waals surface area contributed by atoms with Gasteiger partial charge in [0.15, 0.2) is 11.5 Å². The van der Waals surface area contributed by atoms with Gasteiger partial charge in [-0.15, -0.1) is 0 Å². The highest BCUT2D eigenvalue weighted by Crippen LogP contribution is 2.34. The van der Waals surface area contributed by atoms with E-state index in [0.717, 1.165) is 11.3 Å². The van der Waals surface area contributed by atoms with E-state index in [2.05, 4.69) is 5.32 Å². The predicted molar refractivity (Wildman–Crippen MR) is 112 cm³/mol. The van der Waals surface area contributed by atoms with Gasteiger partial charge in [-0.2, -0.15) is 0 Å². The molecule has 6 heteroatoms. The van der Waals surface area contributed by atoms with Crippen LogP contribution in [0.25, 0.3) is 0 Å². The summed E-state index contributed by atoms with van der Waals surface area (Å²) in [6.45, 7) is 2.95. The minimum absolute atomic E-state index is 0.103. The average Bonchev–Trinajstić information content (AvgIpc) is 2.68. The molecule has 1 N–H and O–H groups in total. The molecule has 0 aliphatic rings. The average molecular weight is 420 g/mol. The molecule has 3 rings (SSSR count). The van der Waals surface area contributed by atoms with Crippen LogP contribution in [0.2, 0.25) is 10.0 Å². The molecule has 0 spiro atoms. The zero-order valence-electron chi connectivity index (χ0n) is 15.3. The number of hydrogen-bond acceptors (Lipinski definition) is 3. The van der Waals surface area contributed by atoms with Crippen LogP contribution >= 0.6 is 23.2 Å². The lowest BCUT2D eigenvalue weighted by atomic mass is 10.1. The van der Waals surface area contributed by atoms with Gasteiger partial charge in [0.25, 0.3) is 0 Å². The maximum atomic E-state index is 13.9. The van der Waals surface area contributed by atoms with Crippen molar-refractivity contribution >= 4 is 28.9 Å². The first-order valence-electron chi connectivity index (χ1n) is 8.88. The van der Waals surface area contributed by atoms with Gasteiger partial charge in [0, 0.05) is 22.7 Å². The van der Waals surface area contributed by atoms with E-state index in [-0.39, 0.29) is 12.4 Å². The molecule has 3 aromatic carbocycles. The first-order chi connectivity index (χ1) is 13.6. The molecule has 28 heavy (non-hydrogen) atoms. The summed E-state index contributed by atoms with van der Waals surface area (Å²) in [4.78, 5) is 0. The Morgan fingerprint density at radius 1 is 0.929 bits per heavy atom. The summed E-state index contributed by atoms with van der Waals surface area (Å²) >= 11 is 12.2. The first-order valence-corrected chi connectivity index (χ1v) is 9.64. The number of para-hydroxylation sites is 1. The Balaban J connectivity index is 1.81. The third-order valence-corrected chi connectivity index (χ3v) is 4.64. The van der Waals surface area contributed by atoms with Crippen molar-refractivity contribution in [2.45, 2.75) is 20.1 Å². The quantitative estimate of drug-likeness (QED) is 0.439. The van der Waals surface area contributed by atoms with Crippen molar-refractivity contribution in [2.24, 2.45) is 0 Å². The second-order valence-electron chi connectivity index (χ2n) is 6.04. The number of hydrogen-bond donors (Lipinski definition) is 1. The Morgan fingerprint density at radius 3 is 2.46 bits per heavy atom. The highest BCUT2D eigenvalue weighted by Gasteiger charge is 2.13. The number of anilines is 1. The molecule has 0 aliphatic carbocycles. The van der Waals surface area contributed by atoms with Gasteiger partial charge in [0.2, 0.25) is 0 Å². The lowest BCUT2D eigenvalue weighted by molar-refractivity contribution is 0.263. The van der Waals surface area contributed by atoms with Crippen LogP contribution in [0.15, 0.2) is 60.7 Å². The number of rotatable bonds is 8. The fourth-order valence-corrected chi connectivity index (χ4v) is 3.20. The molecule has 0 fully saturated rings. The van der Waals surface area contributed by atoms with E-state index in [1.807, 2.05) is 31.2 Å². The Hall–Kier alpha value is -2.43. The van der Waals surface area contributed by atoms with Gasteiger partial charge in [0.1, 0.15) is 12.4 Å². The van der Waals surface area contributed by atoms with Crippen molar-refractivity contribution in [2.75, 3.05) is 11.9 Å². The molecule has 3 aromatic rings. The fourth-order valence-electron chi connectivity index (χ4n) is 2.72. The highest BCUT2D eigenvalue weighted by atomic mass is 35.5. The van der Waals surface area contributed by atoms with Crippen LogP contribution in [0.3, 0.4) is 0 Å². The molecule has 0 aromatic heterocycles. The predicted octanol–water partition coefficient (Wildman–Crippen LogP) is 6.72. The van der Waals surface area contributed by atoms with Gasteiger partial charge in [0.05, 0.1) is 17.3 Å². The lowest BCUT2D eigenvalue weighted by Crippen LogP contribution is -2.07. The standard InChI is InChI=1S/C22H20Cl2FNO2/c1-2-27-21-9-5-7-15(13-26-20-11-10-17(23)12-18(20)24)22(21)28-14-16-6-3-4-8-19(16)25/h3-12,26H,2,13-14H2,1H3. The topological polar surface area (TPSA) is 30.5 Å². The van der Waals surface area contributed by atoms with Crippen LogP contribution in [-0.2, 0) is 13.2 Å². The summed E-state index contributed by atoms with van der Waals surface area (Å²) in [5, 5.41) is 4.38. The van der Waals surface area contributed by atoms with Crippen molar-refractivity contribution in [1.29, 1.82) is 0 Å². The highest BCUT2D eigenvalue weighted by molar-refractivity contribution is 6.36. The van der Waals surface area contributed by atoms with Gasteiger partial charge in [-0.3, -0.25) is 0 Å². The van der Waals surface area contributed by atoms with Crippen molar-refractivity contribution < 1.29 is 13.9 Å². The second kappa shape index (κ2) is 9.67. The summed E-state index contributed by atoms with van der Waals surface area (Å²) < 4.78 is 25.6. The summed E-state index contributed by atoms with van der Waals surface area (Å²) in [5.74, 6) is 0.884. The molecule has 3 nitrogen and oxygen atoms in total. The molecular formula is C22H20Cl2FNO2. The second-order valence-corrected chi connectivity index (χ2v) is 6.88. The van der Waals surface area contributed by atoms with E-state index in [9.17, 15) is 4.39 Å². The molecule has 0 atom stereocenters. The number of benzene rings is 3. The van der Waals surface area contributed by atoms with Crippen LogP contribution in [0.5, 0.6) is 11.5 Å². The molecule has 0 radical (unpaired) electrons. The van der Waals surface area contributed by atoms with E-state index in [1.165, 1.54) is 6.07 Å². The Labute approximate surface area is 174 Å². The summed E-state index contributed by atoms with van der Waals surface area (Å²) in [6, 6.07) is 17.5. The molecule has 0 amide bonds. The van der Waals surface area contributed by atoms with E-state index >= 15 is 0 Å². The van der Waals surface area contributed by atoms with Gasteiger partial charge in [-0.05, 0) is 37.3 Å². The van der Waals surface area contributed by atoms with Crippen LogP contribution in [-0.4, -0.2) is 6.61 Å². The Kier molecular flexibility index (Phi) is 7.01. The smallest absolute Gasteiger partial charge is 0.166 e. The summed E-state index contributed by atoms with van der Waals surface area (Å²) in [5.41, 5.74) is 2.11. The molecule has 146 valence electrons. The van der Waals surface area contributed by atoms with Crippen LogP contribution < -0.4 is 14.8 Å². The Bertz CT molecular complexity index is 950.